The topological polar surface area (TPSA) is 54.5 Å². The van der Waals surface area contributed by atoms with Crippen LogP contribution in [-0.4, -0.2) is 37.2 Å². The molecule has 1 saturated heterocycles. The first-order valence-corrected chi connectivity index (χ1v) is 11.0. The number of hydrogen-bond acceptors (Lipinski definition) is 5. The van der Waals surface area contributed by atoms with Gasteiger partial charge in [-0.1, -0.05) is 51.5 Å². The number of nitrogens with one attached hydrogen (secondary N) is 1. The molecule has 29 heavy (non-hydrogen) atoms. The van der Waals surface area contributed by atoms with E-state index in [0.717, 1.165) is 51.8 Å². The quantitative estimate of drug-likeness (QED) is 0.444. The number of fused-ring (bicyclic) bond motifs is 2. The van der Waals surface area contributed by atoms with Crippen molar-refractivity contribution in [1.82, 2.24) is 4.98 Å². The van der Waals surface area contributed by atoms with Crippen LogP contribution in [0.15, 0.2) is 59.1 Å². The van der Waals surface area contributed by atoms with Crippen molar-refractivity contribution in [2.45, 2.75) is 0 Å². The number of halogens is 1. The molecule has 0 atom stereocenters. The molecule has 1 amide bonds. The molecule has 5 nitrogen and oxygen atoms in total. The molecule has 1 aliphatic heterocycles. The van der Waals surface area contributed by atoms with Crippen LogP contribution in [0.25, 0.3) is 21.0 Å². The normalized spacial score (nSPS) is 14.4. The summed E-state index contributed by atoms with van der Waals surface area (Å²) in [5, 5.41) is 5.51. The van der Waals surface area contributed by atoms with Gasteiger partial charge in [0.1, 0.15) is 0 Å². The van der Waals surface area contributed by atoms with E-state index in [4.69, 9.17) is 4.74 Å². The van der Waals surface area contributed by atoms with E-state index < -0.39 is 0 Å². The van der Waals surface area contributed by atoms with Gasteiger partial charge >= 0.3 is 0 Å². The SMILES string of the molecule is O=C(Nc1nc2ccc(N3CCOCC3)cc2s1)c1cccc2c(Br)cccc12. The highest BCUT2D eigenvalue weighted by atomic mass is 79.9. The molecule has 0 spiro atoms. The van der Waals surface area contributed by atoms with E-state index in [1.807, 2.05) is 42.5 Å². The lowest BCUT2D eigenvalue weighted by atomic mass is 10.0. The van der Waals surface area contributed by atoms with Crippen molar-refractivity contribution in [3.05, 3.63) is 64.6 Å². The van der Waals surface area contributed by atoms with Gasteiger partial charge < -0.3 is 9.64 Å². The number of carbonyl (C=O) groups excluding carboxylic acids is 1. The number of aromatic nitrogens is 1. The summed E-state index contributed by atoms with van der Waals surface area (Å²) in [6, 6.07) is 17.9. The first-order chi connectivity index (χ1) is 14.2. The molecule has 1 aliphatic rings. The van der Waals surface area contributed by atoms with Crippen LogP contribution in [0.5, 0.6) is 0 Å². The molecule has 2 heterocycles. The monoisotopic (exact) mass is 467 g/mol. The molecule has 1 N–H and O–H groups in total. The summed E-state index contributed by atoms with van der Waals surface area (Å²) in [4.78, 5) is 19.9. The van der Waals surface area contributed by atoms with Crippen LogP contribution in [0.1, 0.15) is 10.4 Å². The number of hydrogen-bond donors (Lipinski definition) is 1. The van der Waals surface area contributed by atoms with Gasteiger partial charge in [0.05, 0.1) is 23.4 Å². The van der Waals surface area contributed by atoms with E-state index in [1.54, 1.807) is 0 Å². The highest BCUT2D eigenvalue weighted by molar-refractivity contribution is 9.10. The summed E-state index contributed by atoms with van der Waals surface area (Å²) in [7, 11) is 0. The zero-order valence-corrected chi connectivity index (χ0v) is 17.9. The Bertz CT molecular complexity index is 1220. The smallest absolute Gasteiger partial charge is 0.258 e. The Labute approximate surface area is 180 Å². The average molecular weight is 468 g/mol. The van der Waals surface area contributed by atoms with Gasteiger partial charge in [0.15, 0.2) is 5.13 Å². The summed E-state index contributed by atoms with van der Waals surface area (Å²) < 4.78 is 7.47. The lowest BCUT2D eigenvalue weighted by Crippen LogP contribution is -2.36. The second-order valence-corrected chi connectivity index (χ2v) is 8.75. The Morgan fingerprint density at radius 3 is 2.72 bits per heavy atom. The number of carbonyl (C=O) groups is 1. The molecule has 7 heteroatoms. The molecular weight excluding hydrogens is 450 g/mol. The second kappa shape index (κ2) is 7.74. The number of morpholine rings is 1. The standard InChI is InChI=1S/C22H18BrN3O2S/c23-18-6-2-3-15-16(18)4-1-5-17(15)21(27)25-22-24-19-8-7-14(13-20(19)29-22)26-9-11-28-12-10-26/h1-8,13H,9-12H2,(H,24,25,27). The largest absolute Gasteiger partial charge is 0.378 e. The summed E-state index contributed by atoms with van der Waals surface area (Å²) >= 11 is 5.05. The molecule has 5 rings (SSSR count). The Hall–Kier alpha value is -2.48. The maximum absolute atomic E-state index is 12.9. The van der Waals surface area contributed by atoms with Crippen molar-refractivity contribution in [2.75, 3.05) is 36.5 Å². The number of thiazole rings is 1. The maximum atomic E-state index is 12.9. The molecule has 4 aromatic rings. The minimum atomic E-state index is -0.152. The van der Waals surface area contributed by atoms with Crippen molar-refractivity contribution in [2.24, 2.45) is 0 Å². The molecule has 0 bridgehead atoms. The van der Waals surface area contributed by atoms with Gasteiger partial charge in [0, 0.05) is 28.8 Å². The summed E-state index contributed by atoms with van der Waals surface area (Å²) in [5.41, 5.74) is 2.70. The number of anilines is 2. The van der Waals surface area contributed by atoms with Crippen LogP contribution in [-0.2, 0) is 4.74 Å². The molecule has 1 aromatic heterocycles. The molecule has 3 aromatic carbocycles. The Morgan fingerprint density at radius 1 is 1.07 bits per heavy atom. The average Bonchev–Trinajstić information content (AvgIpc) is 3.15. The summed E-state index contributed by atoms with van der Waals surface area (Å²) in [6.45, 7) is 3.29. The third-order valence-electron chi connectivity index (χ3n) is 5.08. The van der Waals surface area contributed by atoms with Gasteiger partial charge in [0.25, 0.3) is 5.91 Å². The number of rotatable bonds is 3. The predicted molar refractivity (Wildman–Crippen MR) is 122 cm³/mol. The Morgan fingerprint density at radius 2 is 1.86 bits per heavy atom. The number of nitrogens with zero attached hydrogens (tertiary/aromatic N) is 2. The van der Waals surface area contributed by atoms with Crippen molar-refractivity contribution >= 4 is 65.0 Å². The van der Waals surface area contributed by atoms with Crippen LogP contribution < -0.4 is 10.2 Å². The number of ether oxygens (including phenoxy) is 1. The molecule has 0 unspecified atom stereocenters. The third kappa shape index (κ3) is 3.61. The van der Waals surface area contributed by atoms with Gasteiger partial charge in [-0.25, -0.2) is 4.98 Å². The van der Waals surface area contributed by atoms with Gasteiger partial charge in [-0.3, -0.25) is 10.1 Å². The lowest BCUT2D eigenvalue weighted by molar-refractivity contribution is 0.102. The highest BCUT2D eigenvalue weighted by Gasteiger charge is 2.15. The molecule has 0 aliphatic carbocycles. The zero-order valence-electron chi connectivity index (χ0n) is 15.5. The van der Waals surface area contributed by atoms with Gasteiger partial charge in [0.2, 0.25) is 0 Å². The fourth-order valence-electron chi connectivity index (χ4n) is 3.62. The summed E-state index contributed by atoms with van der Waals surface area (Å²) in [6.07, 6.45) is 0. The van der Waals surface area contributed by atoms with E-state index >= 15 is 0 Å². The van der Waals surface area contributed by atoms with Crippen molar-refractivity contribution in [1.29, 1.82) is 0 Å². The predicted octanol–water partition coefficient (Wildman–Crippen LogP) is 5.30. The zero-order chi connectivity index (χ0) is 19.8. The number of amides is 1. The van der Waals surface area contributed by atoms with Gasteiger partial charge in [-0.05, 0) is 41.1 Å². The molecule has 146 valence electrons. The van der Waals surface area contributed by atoms with Crippen LogP contribution in [0.2, 0.25) is 0 Å². The Balaban J connectivity index is 1.43. The fraction of sp³-hybridized carbons (Fsp3) is 0.182. The van der Waals surface area contributed by atoms with E-state index in [1.165, 1.54) is 17.0 Å². The van der Waals surface area contributed by atoms with Crippen LogP contribution in [0.4, 0.5) is 10.8 Å². The van der Waals surface area contributed by atoms with E-state index in [0.29, 0.717) is 10.7 Å². The number of benzene rings is 3. The summed E-state index contributed by atoms with van der Waals surface area (Å²) in [5.74, 6) is -0.152. The minimum absolute atomic E-state index is 0.152. The van der Waals surface area contributed by atoms with Crippen molar-refractivity contribution < 1.29 is 9.53 Å². The van der Waals surface area contributed by atoms with Crippen molar-refractivity contribution in [3.8, 4) is 0 Å². The third-order valence-corrected chi connectivity index (χ3v) is 6.71. The first kappa shape index (κ1) is 18.5. The fourth-order valence-corrected chi connectivity index (χ4v) is 5.01. The molecular formula is C22H18BrN3O2S. The van der Waals surface area contributed by atoms with Crippen LogP contribution in [0, 0.1) is 0 Å². The molecule has 0 saturated carbocycles. The van der Waals surface area contributed by atoms with E-state index in [9.17, 15) is 4.79 Å². The first-order valence-electron chi connectivity index (χ1n) is 9.41. The maximum Gasteiger partial charge on any atom is 0.258 e. The van der Waals surface area contributed by atoms with E-state index in [2.05, 4.69) is 43.3 Å². The second-order valence-electron chi connectivity index (χ2n) is 6.87. The van der Waals surface area contributed by atoms with Crippen LogP contribution in [0.3, 0.4) is 0 Å². The minimum Gasteiger partial charge on any atom is -0.378 e. The molecule has 0 radical (unpaired) electrons. The lowest BCUT2D eigenvalue weighted by Gasteiger charge is -2.28. The van der Waals surface area contributed by atoms with Crippen LogP contribution >= 0.6 is 27.3 Å². The van der Waals surface area contributed by atoms with Gasteiger partial charge in [-0.2, -0.15) is 0 Å². The Kier molecular flexibility index (Phi) is 4.95. The van der Waals surface area contributed by atoms with Crippen molar-refractivity contribution in [3.63, 3.8) is 0 Å². The van der Waals surface area contributed by atoms with Gasteiger partial charge in [-0.15, -0.1) is 0 Å². The molecule has 1 fully saturated rings. The highest BCUT2D eigenvalue weighted by Crippen LogP contribution is 2.31. The van der Waals surface area contributed by atoms with E-state index in [-0.39, 0.29) is 5.91 Å².